The lowest BCUT2D eigenvalue weighted by atomic mass is 9.89. The van der Waals surface area contributed by atoms with E-state index in [1.165, 1.54) is 16.7 Å². The summed E-state index contributed by atoms with van der Waals surface area (Å²) >= 11 is 0. The van der Waals surface area contributed by atoms with Crippen LogP contribution in [0.3, 0.4) is 0 Å². The van der Waals surface area contributed by atoms with Crippen molar-refractivity contribution in [3.8, 4) is 5.75 Å². The van der Waals surface area contributed by atoms with Gasteiger partial charge in [-0.3, -0.25) is 0 Å². The Bertz CT molecular complexity index is 418. The number of hydrogen-bond donors (Lipinski definition) is 0. The van der Waals surface area contributed by atoms with Crippen LogP contribution in [-0.2, 0) is 0 Å². The van der Waals surface area contributed by atoms with Gasteiger partial charge in [-0.15, -0.1) is 6.58 Å². The smallest absolute Gasteiger partial charge is 0.125 e. The number of rotatable bonds is 7. The van der Waals surface area contributed by atoms with Crippen molar-refractivity contribution in [2.24, 2.45) is 5.92 Å². The summed E-state index contributed by atoms with van der Waals surface area (Å²) in [6, 6.07) is 4.49. The lowest BCUT2D eigenvalue weighted by Gasteiger charge is -2.21. The van der Waals surface area contributed by atoms with Crippen LogP contribution in [-0.4, -0.2) is 6.61 Å². The van der Waals surface area contributed by atoms with Crippen molar-refractivity contribution in [1.82, 2.24) is 0 Å². The Balaban J connectivity index is 3.14. The molecule has 0 heterocycles. The lowest BCUT2D eigenvalue weighted by molar-refractivity contribution is 0.265. The minimum absolute atomic E-state index is 0.512. The lowest BCUT2D eigenvalue weighted by Crippen LogP contribution is -2.09. The summed E-state index contributed by atoms with van der Waals surface area (Å²) < 4.78 is 6.08. The molecule has 1 nitrogen and oxygen atoms in total. The van der Waals surface area contributed by atoms with E-state index in [1.807, 2.05) is 6.08 Å². The Labute approximate surface area is 118 Å². The van der Waals surface area contributed by atoms with Crippen molar-refractivity contribution in [3.05, 3.63) is 41.5 Å². The van der Waals surface area contributed by atoms with Gasteiger partial charge in [0.05, 0.1) is 6.61 Å². The zero-order valence-electron chi connectivity index (χ0n) is 13.1. The van der Waals surface area contributed by atoms with Gasteiger partial charge < -0.3 is 4.74 Å². The molecular formula is C18H28O. The fourth-order valence-electron chi connectivity index (χ4n) is 2.45. The van der Waals surface area contributed by atoms with E-state index in [0.29, 0.717) is 11.8 Å². The van der Waals surface area contributed by atoms with Gasteiger partial charge in [0.2, 0.25) is 0 Å². The zero-order valence-corrected chi connectivity index (χ0v) is 13.1. The average molecular weight is 260 g/mol. The highest BCUT2D eigenvalue weighted by Gasteiger charge is 2.16. The van der Waals surface area contributed by atoms with Crippen LogP contribution >= 0.6 is 0 Å². The monoisotopic (exact) mass is 260 g/mol. The normalized spacial score (nSPS) is 12.5. The molecule has 0 N–H and O–H groups in total. The first kappa shape index (κ1) is 15.8. The number of hydrogen-bond acceptors (Lipinski definition) is 1. The highest BCUT2D eigenvalue weighted by atomic mass is 16.5. The second-order valence-electron chi connectivity index (χ2n) is 5.83. The Morgan fingerprint density at radius 2 is 1.95 bits per heavy atom. The second kappa shape index (κ2) is 7.37. The molecular weight excluding hydrogens is 232 g/mol. The van der Waals surface area contributed by atoms with E-state index in [4.69, 9.17) is 4.74 Å². The van der Waals surface area contributed by atoms with Gasteiger partial charge in [-0.2, -0.15) is 0 Å². The fraction of sp³-hybridized carbons (Fsp3) is 0.556. The SMILES string of the molecule is C=CCC(CC)c1cc(C)cc(C)c1OCC(C)C. The molecule has 1 atom stereocenters. The summed E-state index contributed by atoms with van der Waals surface area (Å²) in [7, 11) is 0. The number of allylic oxidation sites excluding steroid dienone is 1. The van der Waals surface area contributed by atoms with Crippen LogP contribution in [0.2, 0.25) is 0 Å². The van der Waals surface area contributed by atoms with Crippen LogP contribution in [0.5, 0.6) is 5.75 Å². The first-order valence-corrected chi connectivity index (χ1v) is 7.34. The first-order chi connectivity index (χ1) is 8.99. The Morgan fingerprint density at radius 1 is 1.26 bits per heavy atom. The maximum absolute atomic E-state index is 6.08. The molecule has 0 amide bonds. The van der Waals surface area contributed by atoms with Gasteiger partial charge in [0.1, 0.15) is 5.75 Å². The molecule has 0 bridgehead atoms. The molecule has 1 aromatic carbocycles. The van der Waals surface area contributed by atoms with E-state index in [-0.39, 0.29) is 0 Å². The van der Waals surface area contributed by atoms with Crippen LogP contribution < -0.4 is 4.74 Å². The molecule has 1 heteroatoms. The van der Waals surface area contributed by atoms with E-state index < -0.39 is 0 Å². The summed E-state index contributed by atoms with van der Waals surface area (Å²) in [5, 5.41) is 0. The standard InChI is InChI=1S/C18H28O/c1-7-9-16(8-2)17-11-14(5)10-15(6)18(17)19-12-13(3)4/h7,10-11,13,16H,1,8-9,12H2,2-6H3. The summed E-state index contributed by atoms with van der Waals surface area (Å²) in [6.07, 6.45) is 4.14. The molecule has 1 rings (SSSR count). The molecule has 1 aromatic rings. The predicted molar refractivity (Wildman–Crippen MR) is 84.1 cm³/mol. The summed E-state index contributed by atoms with van der Waals surface area (Å²) in [4.78, 5) is 0. The van der Waals surface area contributed by atoms with Crippen LogP contribution in [0.4, 0.5) is 0 Å². The molecule has 0 radical (unpaired) electrons. The average Bonchev–Trinajstić information content (AvgIpc) is 2.33. The van der Waals surface area contributed by atoms with E-state index in [0.717, 1.165) is 25.2 Å². The quantitative estimate of drug-likeness (QED) is 0.596. The van der Waals surface area contributed by atoms with Crippen molar-refractivity contribution >= 4 is 0 Å². The van der Waals surface area contributed by atoms with E-state index in [2.05, 4.69) is 53.3 Å². The van der Waals surface area contributed by atoms with Gasteiger partial charge in [0, 0.05) is 0 Å². The third-order valence-electron chi connectivity index (χ3n) is 3.39. The van der Waals surface area contributed by atoms with Crippen LogP contribution in [0.1, 0.15) is 56.2 Å². The fourth-order valence-corrected chi connectivity index (χ4v) is 2.45. The predicted octanol–water partition coefficient (Wildman–Crippen LogP) is 5.41. The van der Waals surface area contributed by atoms with Gasteiger partial charge in [-0.25, -0.2) is 0 Å². The molecule has 0 aromatic heterocycles. The zero-order chi connectivity index (χ0) is 14.4. The minimum atomic E-state index is 0.512. The Hall–Kier alpha value is -1.24. The van der Waals surface area contributed by atoms with E-state index in [9.17, 15) is 0 Å². The topological polar surface area (TPSA) is 9.23 Å². The van der Waals surface area contributed by atoms with Crippen LogP contribution in [0, 0.1) is 19.8 Å². The Morgan fingerprint density at radius 3 is 2.47 bits per heavy atom. The third-order valence-corrected chi connectivity index (χ3v) is 3.39. The third kappa shape index (κ3) is 4.41. The van der Waals surface area contributed by atoms with E-state index in [1.54, 1.807) is 0 Å². The van der Waals surface area contributed by atoms with E-state index >= 15 is 0 Å². The molecule has 1 unspecified atom stereocenters. The molecule has 0 aliphatic carbocycles. The summed E-state index contributed by atoms with van der Waals surface area (Å²) in [5.41, 5.74) is 3.91. The minimum Gasteiger partial charge on any atom is -0.493 e. The van der Waals surface area contributed by atoms with Gasteiger partial charge in [-0.05, 0) is 49.7 Å². The van der Waals surface area contributed by atoms with Crippen molar-refractivity contribution in [2.75, 3.05) is 6.61 Å². The van der Waals surface area contributed by atoms with Gasteiger partial charge in [0.25, 0.3) is 0 Å². The van der Waals surface area contributed by atoms with Gasteiger partial charge in [0.15, 0.2) is 0 Å². The van der Waals surface area contributed by atoms with Crippen molar-refractivity contribution in [1.29, 1.82) is 0 Å². The maximum Gasteiger partial charge on any atom is 0.125 e. The molecule has 0 saturated heterocycles. The summed E-state index contributed by atoms with van der Waals surface area (Å²) in [5.74, 6) is 2.15. The van der Waals surface area contributed by atoms with Crippen molar-refractivity contribution in [2.45, 2.75) is 53.4 Å². The molecule has 0 spiro atoms. The molecule has 106 valence electrons. The van der Waals surface area contributed by atoms with Crippen molar-refractivity contribution in [3.63, 3.8) is 0 Å². The van der Waals surface area contributed by atoms with Gasteiger partial charge >= 0.3 is 0 Å². The number of aryl methyl sites for hydroxylation is 2. The molecule has 0 saturated carbocycles. The largest absolute Gasteiger partial charge is 0.493 e. The van der Waals surface area contributed by atoms with Gasteiger partial charge in [-0.1, -0.05) is 44.5 Å². The maximum atomic E-state index is 6.08. The Kier molecular flexibility index (Phi) is 6.14. The van der Waals surface area contributed by atoms with Crippen LogP contribution in [0.15, 0.2) is 24.8 Å². The molecule has 0 aliphatic heterocycles. The molecule has 0 aliphatic rings. The number of ether oxygens (including phenoxy) is 1. The second-order valence-corrected chi connectivity index (χ2v) is 5.83. The van der Waals surface area contributed by atoms with Crippen LogP contribution in [0.25, 0.3) is 0 Å². The summed E-state index contributed by atoms with van der Waals surface area (Å²) in [6.45, 7) is 15.6. The first-order valence-electron chi connectivity index (χ1n) is 7.34. The van der Waals surface area contributed by atoms with Crippen molar-refractivity contribution < 1.29 is 4.74 Å². The molecule has 19 heavy (non-hydrogen) atoms. The highest BCUT2D eigenvalue weighted by Crippen LogP contribution is 2.35. The number of benzene rings is 1. The highest BCUT2D eigenvalue weighted by molar-refractivity contribution is 5.46. The molecule has 0 fully saturated rings.